The molecule has 5 nitrogen and oxygen atoms in total. The first-order chi connectivity index (χ1) is 10.4. The fourth-order valence-corrected chi connectivity index (χ4v) is 2.55. The molecule has 4 rings (SSSR count). The second kappa shape index (κ2) is 5.18. The summed E-state index contributed by atoms with van der Waals surface area (Å²) < 4.78 is 16.0. The van der Waals surface area contributed by atoms with Crippen molar-refractivity contribution in [2.75, 3.05) is 13.2 Å². The Morgan fingerprint density at radius 1 is 1.05 bits per heavy atom. The highest BCUT2D eigenvalue weighted by Gasteiger charge is 2.17. The van der Waals surface area contributed by atoms with Gasteiger partial charge in [-0.25, -0.2) is 4.63 Å². The molecule has 1 fully saturated rings. The summed E-state index contributed by atoms with van der Waals surface area (Å²) in [7, 11) is 0. The molecule has 2 aromatic carbocycles. The van der Waals surface area contributed by atoms with Crippen molar-refractivity contribution in [2.24, 2.45) is 0 Å². The maximum absolute atomic E-state index is 5.87. The number of nitrogens with zero attached hydrogens (tertiary/aromatic N) is 2. The van der Waals surface area contributed by atoms with Crippen molar-refractivity contribution in [1.29, 1.82) is 0 Å². The molecule has 1 aromatic heterocycles. The summed E-state index contributed by atoms with van der Waals surface area (Å²) in [6.45, 7) is 1.45. The molecule has 2 heterocycles. The van der Waals surface area contributed by atoms with Gasteiger partial charge < -0.3 is 9.47 Å². The summed E-state index contributed by atoms with van der Waals surface area (Å²) in [5.41, 5.74) is 3.60. The van der Waals surface area contributed by atoms with E-state index in [0.717, 1.165) is 40.9 Å². The largest absolute Gasteiger partial charge is 0.488 e. The Morgan fingerprint density at radius 3 is 2.76 bits per heavy atom. The average molecular weight is 282 g/mol. The molecule has 1 aliphatic heterocycles. The summed E-state index contributed by atoms with van der Waals surface area (Å²) in [4.78, 5) is 0. The Hall–Kier alpha value is -2.40. The lowest BCUT2D eigenvalue weighted by Crippen LogP contribution is -2.15. The summed E-state index contributed by atoms with van der Waals surface area (Å²) in [6, 6.07) is 13.8. The molecule has 3 aromatic rings. The van der Waals surface area contributed by atoms with Crippen molar-refractivity contribution in [3.05, 3.63) is 42.5 Å². The number of rotatable bonds is 3. The SMILES string of the molecule is c1cc(-c2ccc(OC3CCOC3)cc2)c2nonc2c1. The normalized spacial score (nSPS) is 18.2. The molecule has 1 saturated heterocycles. The smallest absolute Gasteiger partial charge is 0.143 e. The third-order valence-corrected chi connectivity index (χ3v) is 3.64. The zero-order valence-corrected chi connectivity index (χ0v) is 11.4. The number of ether oxygens (including phenoxy) is 2. The lowest BCUT2D eigenvalue weighted by molar-refractivity contribution is 0.141. The maximum Gasteiger partial charge on any atom is 0.143 e. The molecule has 5 heteroatoms. The van der Waals surface area contributed by atoms with E-state index in [0.29, 0.717) is 6.61 Å². The monoisotopic (exact) mass is 282 g/mol. The van der Waals surface area contributed by atoms with Crippen molar-refractivity contribution in [1.82, 2.24) is 10.3 Å². The molecule has 1 unspecified atom stereocenters. The van der Waals surface area contributed by atoms with Gasteiger partial charge in [0, 0.05) is 12.0 Å². The summed E-state index contributed by atoms with van der Waals surface area (Å²) >= 11 is 0. The molecular weight excluding hydrogens is 268 g/mol. The average Bonchev–Trinajstić information content (AvgIpc) is 3.18. The van der Waals surface area contributed by atoms with Gasteiger partial charge >= 0.3 is 0 Å². The van der Waals surface area contributed by atoms with E-state index in [1.165, 1.54) is 0 Å². The van der Waals surface area contributed by atoms with Gasteiger partial charge in [0.15, 0.2) is 0 Å². The van der Waals surface area contributed by atoms with E-state index in [4.69, 9.17) is 14.1 Å². The topological polar surface area (TPSA) is 57.4 Å². The minimum Gasteiger partial charge on any atom is -0.488 e. The van der Waals surface area contributed by atoms with Crippen LogP contribution in [-0.2, 0) is 4.74 Å². The van der Waals surface area contributed by atoms with Crippen LogP contribution in [0.5, 0.6) is 5.75 Å². The van der Waals surface area contributed by atoms with Gasteiger partial charge in [0.2, 0.25) is 0 Å². The first-order valence-electron chi connectivity index (χ1n) is 6.96. The van der Waals surface area contributed by atoms with E-state index < -0.39 is 0 Å². The molecule has 1 atom stereocenters. The van der Waals surface area contributed by atoms with Gasteiger partial charge in [-0.3, -0.25) is 0 Å². The Balaban J connectivity index is 1.62. The molecule has 21 heavy (non-hydrogen) atoms. The van der Waals surface area contributed by atoms with Crippen molar-refractivity contribution in [3.8, 4) is 16.9 Å². The van der Waals surface area contributed by atoms with Crippen molar-refractivity contribution in [2.45, 2.75) is 12.5 Å². The third kappa shape index (κ3) is 2.36. The highest BCUT2D eigenvalue weighted by Crippen LogP contribution is 2.28. The number of benzene rings is 2. The molecular formula is C16H14N2O3. The maximum atomic E-state index is 5.87. The van der Waals surface area contributed by atoms with Crippen LogP contribution in [0.25, 0.3) is 22.2 Å². The quantitative estimate of drug-likeness (QED) is 0.739. The van der Waals surface area contributed by atoms with Crippen LogP contribution in [0.2, 0.25) is 0 Å². The minimum absolute atomic E-state index is 0.166. The second-order valence-electron chi connectivity index (χ2n) is 5.07. The van der Waals surface area contributed by atoms with Crippen LogP contribution in [0.1, 0.15) is 6.42 Å². The van der Waals surface area contributed by atoms with Crippen LogP contribution in [0.3, 0.4) is 0 Å². The Kier molecular flexibility index (Phi) is 3.05. The van der Waals surface area contributed by atoms with Crippen LogP contribution in [0.4, 0.5) is 0 Å². The lowest BCUT2D eigenvalue weighted by Gasteiger charge is -2.12. The van der Waals surface area contributed by atoms with Gasteiger partial charge in [-0.15, -0.1) is 0 Å². The molecule has 0 aliphatic carbocycles. The van der Waals surface area contributed by atoms with Crippen LogP contribution in [-0.4, -0.2) is 29.6 Å². The van der Waals surface area contributed by atoms with E-state index in [1.807, 2.05) is 42.5 Å². The van der Waals surface area contributed by atoms with E-state index in [9.17, 15) is 0 Å². The van der Waals surface area contributed by atoms with E-state index in [2.05, 4.69) is 10.3 Å². The molecule has 1 aliphatic rings. The fraction of sp³-hybridized carbons (Fsp3) is 0.250. The first-order valence-corrected chi connectivity index (χ1v) is 6.96. The van der Waals surface area contributed by atoms with Crippen molar-refractivity contribution >= 4 is 11.0 Å². The summed E-state index contributed by atoms with van der Waals surface area (Å²) in [5, 5.41) is 7.83. The number of fused-ring (bicyclic) bond motifs is 1. The van der Waals surface area contributed by atoms with Gasteiger partial charge in [0.25, 0.3) is 0 Å². The molecule has 0 bridgehead atoms. The van der Waals surface area contributed by atoms with E-state index >= 15 is 0 Å². The van der Waals surface area contributed by atoms with Gasteiger partial charge in [-0.1, -0.05) is 24.3 Å². The van der Waals surface area contributed by atoms with Crippen LogP contribution >= 0.6 is 0 Å². The van der Waals surface area contributed by atoms with Crippen LogP contribution < -0.4 is 4.74 Å². The number of aromatic nitrogens is 2. The Morgan fingerprint density at radius 2 is 1.95 bits per heavy atom. The zero-order chi connectivity index (χ0) is 14.1. The van der Waals surface area contributed by atoms with E-state index in [-0.39, 0.29) is 6.10 Å². The molecule has 0 radical (unpaired) electrons. The van der Waals surface area contributed by atoms with Crippen LogP contribution in [0.15, 0.2) is 47.1 Å². The van der Waals surface area contributed by atoms with Gasteiger partial charge in [0.05, 0.1) is 13.2 Å². The molecule has 0 saturated carbocycles. The third-order valence-electron chi connectivity index (χ3n) is 3.64. The van der Waals surface area contributed by atoms with Crippen LogP contribution in [0, 0.1) is 0 Å². The second-order valence-corrected chi connectivity index (χ2v) is 5.07. The first kappa shape index (κ1) is 12.3. The van der Waals surface area contributed by atoms with Crippen molar-refractivity contribution < 1.29 is 14.1 Å². The van der Waals surface area contributed by atoms with Crippen molar-refractivity contribution in [3.63, 3.8) is 0 Å². The molecule has 0 N–H and O–H groups in total. The molecule has 106 valence electrons. The highest BCUT2D eigenvalue weighted by molar-refractivity contribution is 5.90. The summed E-state index contributed by atoms with van der Waals surface area (Å²) in [5.74, 6) is 0.861. The summed E-state index contributed by atoms with van der Waals surface area (Å²) in [6.07, 6.45) is 1.12. The number of hydrogen-bond donors (Lipinski definition) is 0. The van der Waals surface area contributed by atoms with E-state index in [1.54, 1.807) is 0 Å². The van der Waals surface area contributed by atoms with Gasteiger partial charge in [-0.2, -0.15) is 0 Å². The standard InChI is InChI=1S/C16H14N2O3/c1-2-14(16-15(3-1)17-21-18-16)11-4-6-12(7-5-11)20-13-8-9-19-10-13/h1-7,13H,8-10H2. The number of hydrogen-bond acceptors (Lipinski definition) is 5. The Bertz CT molecular complexity index is 746. The fourth-order valence-electron chi connectivity index (χ4n) is 2.55. The highest BCUT2D eigenvalue weighted by atomic mass is 16.6. The predicted octanol–water partition coefficient (Wildman–Crippen LogP) is 3.06. The van der Waals surface area contributed by atoms with Gasteiger partial charge in [-0.05, 0) is 34.1 Å². The minimum atomic E-state index is 0.166. The van der Waals surface area contributed by atoms with Gasteiger partial charge in [0.1, 0.15) is 22.9 Å². The predicted molar refractivity (Wildman–Crippen MR) is 77.1 cm³/mol. The lowest BCUT2D eigenvalue weighted by atomic mass is 10.0. The Labute approximate surface area is 121 Å². The molecule has 0 amide bonds. The zero-order valence-electron chi connectivity index (χ0n) is 11.4. The molecule has 0 spiro atoms.